The van der Waals surface area contributed by atoms with Crippen LogP contribution in [0.4, 0.5) is 18.9 Å². The van der Waals surface area contributed by atoms with Gasteiger partial charge >= 0.3 is 6.36 Å². The van der Waals surface area contributed by atoms with Gasteiger partial charge in [0.05, 0.1) is 10.5 Å². The number of benzene rings is 1. The molecule has 1 aliphatic carbocycles. The summed E-state index contributed by atoms with van der Waals surface area (Å²) in [5, 5.41) is 11.6. The number of hydrogen-bond donors (Lipinski definition) is 1. The lowest BCUT2D eigenvalue weighted by atomic mass is 9.69. The summed E-state index contributed by atoms with van der Waals surface area (Å²) in [5.74, 6) is -0.841. The first-order chi connectivity index (χ1) is 9.76. The fraction of sp³-hybridized carbons (Fsp3) is 0.385. The van der Waals surface area contributed by atoms with Crippen LogP contribution < -0.4 is 10.1 Å². The van der Waals surface area contributed by atoms with E-state index in [0.29, 0.717) is 18.5 Å². The molecule has 1 aromatic rings. The molecule has 0 aromatic heterocycles. The highest BCUT2D eigenvalue weighted by Crippen LogP contribution is 2.41. The molecule has 2 rings (SSSR count). The smallest absolute Gasteiger partial charge is 0.405 e. The summed E-state index contributed by atoms with van der Waals surface area (Å²) < 4.78 is 40.3. The minimum Gasteiger partial charge on any atom is -0.405 e. The number of alkyl halides is 3. The molecular formula is C13H10BrF3N2O2. The third kappa shape index (κ3) is 3.47. The van der Waals surface area contributed by atoms with Crippen LogP contribution in [0.5, 0.6) is 5.75 Å². The number of nitrogens with zero attached hydrogens (tertiary/aromatic N) is 1. The first-order valence-electron chi connectivity index (χ1n) is 6.04. The molecule has 1 amide bonds. The van der Waals surface area contributed by atoms with Crippen LogP contribution in [-0.2, 0) is 4.79 Å². The molecule has 0 saturated heterocycles. The Balaban J connectivity index is 2.11. The van der Waals surface area contributed by atoms with E-state index in [2.05, 4.69) is 26.0 Å². The van der Waals surface area contributed by atoms with Crippen molar-refractivity contribution in [3.8, 4) is 11.8 Å². The Labute approximate surface area is 127 Å². The number of hydrogen-bond acceptors (Lipinski definition) is 3. The standard InChI is InChI=1S/C13H10BrF3N2O2/c14-9-6-8(2-3-10(9)21-13(15,16)17)19-11(20)12(7-18)4-1-5-12/h2-3,6H,1,4-5H2,(H,19,20). The quantitative estimate of drug-likeness (QED) is 0.884. The monoisotopic (exact) mass is 362 g/mol. The van der Waals surface area contributed by atoms with Crippen molar-refractivity contribution < 1.29 is 22.7 Å². The van der Waals surface area contributed by atoms with Crippen LogP contribution in [0.2, 0.25) is 0 Å². The molecular weight excluding hydrogens is 353 g/mol. The number of anilines is 1. The Morgan fingerprint density at radius 3 is 2.52 bits per heavy atom. The van der Waals surface area contributed by atoms with Gasteiger partial charge in [0.2, 0.25) is 5.91 Å². The van der Waals surface area contributed by atoms with Crippen molar-refractivity contribution in [2.24, 2.45) is 5.41 Å². The summed E-state index contributed by atoms with van der Waals surface area (Å²) in [5.41, 5.74) is -0.726. The predicted octanol–water partition coefficient (Wildman–Crippen LogP) is 3.98. The molecule has 0 unspecified atom stereocenters. The van der Waals surface area contributed by atoms with Gasteiger partial charge in [-0.2, -0.15) is 5.26 Å². The van der Waals surface area contributed by atoms with Crippen molar-refractivity contribution in [2.45, 2.75) is 25.6 Å². The summed E-state index contributed by atoms with van der Waals surface area (Å²) in [7, 11) is 0. The lowest BCUT2D eigenvalue weighted by molar-refractivity contribution is -0.274. The van der Waals surface area contributed by atoms with Gasteiger partial charge in [-0.25, -0.2) is 0 Å². The van der Waals surface area contributed by atoms with E-state index < -0.39 is 23.4 Å². The average molecular weight is 363 g/mol. The lowest BCUT2D eigenvalue weighted by Gasteiger charge is -2.33. The van der Waals surface area contributed by atoms with E-state index >= 15 is 0 Å². The summed E-state index contributed by atoms with van der Waals surface area (Å²) in [6, 6.07) is 5.66. The number of ether oxygens (including phenoxy) is 1. The Kier molecular flexibility index (Phi) is 4.14. The van der Waals surface area contributed by atoms with Crippen molar-refractivity contribution in [2.75, 3.05) is 5.32 Å². The van der Waals surface area contributed by atoms with Gasteiger partial charge in [0.1, 0.15) is 11.2 Å². The van der Waals surface area contributed by atoms with E-state index in [0.717, 1.165) is 12.5 Å². The molecule has 1 N–H and O–H groups in total. The molecule has 0 atom stereocenters. The topological polar surface area (TPSA) is 62.1 Å². The summed E-state index contributed by atoms with van der Waals surface area (Å²) in [6.45, 7) is 0. The molecule has 1 aliphatic rings. The maximum absolute atomic E-state index is 12.1. The molecule has 0 bridgehead atoms. The molecule has 4 nitrogen and oxygen atoms in total. The van der Waals surface area contributed by atoms with E-state index in [9.17, 15) is 18.0 Å². The second-order valence-corrected chi connectivity index (χ2v) is 5.55. The molecule has 21 heavy (non-hydrogen) atoms. The minimum atomic E-state index is -4.79. The Morgan fingerprint density at radius 2 is 2.10 bits per heavy atom. The van der Waals surface area contributed by atoms with Crippen LogP contribution in [-0.4, -0.2) is 12.3 Å². The first-order valence-corrected chi connectivity index (χ1v) is 6.83. The van der Waals surface area contributed by atoms with Gasteiger partial charge in [-0.3, -0.25) is 4.79 Å². The lowest BCUT2D eigenvalue weighted by Crippen LogP contribution is -2.40. The molecule has 0 heterocycles. The van der Waals surface area contributed by atoms with Crippen molar-refractivity contribution >= 4 is 27.5 Å². The SMILES string of the molecule is N#CC1(C(=O)Nc2ccc(OC(F)(F)F)c(Br)c2)CCC1. The van der Waals surface area contributed by atoms with Crippen LogP contribution in [0.15, 0.2) is 22.7 Å². The molecule has 112 valence electrons. The Hall–Kier alpha value is -1.75. The summed E-state index contributed by atoms with van der Waals surface area (Å²) in [6.07, 6.45) is -3.00. The van der Waals surface area contributed by atoms with Gasteiger partial charge in [0.15, 0.2) is 0 Å². The zero-order valence-electron chi connectivity index (χ0n) is 10.6. The van der Waals surface area contributed by atoms with Crippen LogP contribution in [0.1, 0.15) is 19.3 Å². The van der Waals surface area contributed by atoms with E-state index in [4.69, 9.17) is 5.26 Å². The van der Waals surface area contributed by atoms with Gasteiger partial charge in [-0.05, 0) is 53.4 Å². The normalized spacial score (nSPS) is 16.5. The van der Waals surface area contributed by atoms with Crippen LogP contribution >= 0.6 is 15.9 Å². The van der Waals surface area contributed by atoms with Crippen molar-refractivity contribution in [3.63, 3.8) is 0 Å². The zero-order chi connectivity index (χ0) is 15.7. The van der Waals surface area contributed by atoms with Gasteiger partial charge < -0.3 is 10.1 Å². The molecule has 8 heteroatoms. The Morgan fingerprint density at radius 1 is 1.43 bits per heavy atom. The number of rotatable bonds is 3. The zero-order valence-corrected chi connectivity index (χ0v) is 12.2. The number of carbonyl (C=O) groups is 1. The van der Waals surface area contributed by atoms with E-state index in [1.54, 1.807) is 0 Å². The minimum absolute atomic E-state index is 0.0530. The fourth-order valence-corrected chi connectivity index (χ4v) is 2.42. The highest BCUT2D eigenvalue weighted by molar-refractivity contribution is 9.10. The van der Waals surface area contributed by atoms with Gasteiger partial charge in [-0.15, -0.1) is 13.2 Å². The van der Waals surface area contributed by atoms with E-state index in [-0.39, 0.29) is 4.47 Å². The summed E-state index contributed by atoms with van der Waals surface area (Å²) >= 11 is 2.95. The third-order valence-corrected chi connectivity index (χ3v) is 3.89. The second-order valence-electron chi connectivity index (χ2n) is 4.69. The number of nitrogens with one attached hydrogen (secondary N) is 1. The fourth-order valence-electron chi connectivity index (χ4n) is 1.96. The molecule has 0 spiro atoms. The maximum Gasteiger partial charge on any atom is 0.573 e. The highest BCUT2D eigenvalue weighted by Gasteiger charge is 2.44. The average Bonchev–Trinajstić information content (AvgIpc) is 2.30. The van der Waals surface area contributed by atoms with Crippen molar-refractivity contribution in [1.82, 2.24) is 0 Å². The van der Waals surface area contributed by atoms with Crippen molar-refractivity contribution in [1.29, 1.82) is 5.26 Å². The summed E-state index contributed by atoms with van der Waals surface area (Å²) in [4.78, 5) is 12.0. The van der Waals surface area contributed by atoms with E-state index in [1.165, 1.54) is 12.1 Å². The Bertz CT molecular complexity index is 606. The highest BCUT2D eigenvalue weighted by atomic mass is 79.9. The largest absolute Gasteiger partial charge is 0.573 e. The predicted molar refractivity (Wildman–Crippen MR) is 71.4 cm³/mol. The molecule has 1 saturated carbocycles. The number of halogens is 4. The maximum atomic E-state index is 12.1. The van der Waals surface area contributed by atoms with Crippen LogP contribution in [0.3, 0.4) is 0 Å². The first kappa shape index (κ1) is 15.6. The third-order valence-electron chi connectivity index (χ3n) is 3.27. The van der Waals surface area contributed by atoms with Crippen LogP contribution in [0.25, 0.3) is 0 Å². The number of carbonyl (C=O) groups excluding carboxylic acids is 1. The molecule has 0 radical (unpaired) electrons. The second kappa shape index (κ2) is 5.56. The number of nitriles is 1. The molecule has 1 aromatic carbocycles. The molecule has 1 fully saturated rings. The van der Waals surface area contributed by atoms with Crippen LogP contribution in [0, 0.1) is 16.7 Å². The van der Waals surface area contributed by atoms with Gasteiger partial charge in [0, 0.05) is 5.69 Å². The van der Waals surface area contributed by atoms with Gasteiger partial charge in [-0.1, -0.05) is 0 Å². The number of amides is 1. The van der Waals surface area contributed by atoms with E-state index in [1.807, 2.05) is 6.07 Å². The van der Waals surface area contributed by atoms with Gasteiger partial charge in [0.25, 0.3) is 0 Å². The molecule has 0 aliphatic heterocycles. The van der Waals surface area contributed by atoms with Crippen molar-refractivity contribution in [3.05, 3.63) is 22.7 Å².